The summed E-state index contributed by atoms with van der Waals surface area (Å²) in [5, 5.41) is 14.3. The number of anilines is 1. The van der Waals surface area contributed by atoms with Crippen molar-refractivity contribution in [3.8, 4) is 5.75 Å². The van der Waals surface area contributed by atoms with E-state index in [1.807, 2.05) is 0 Å². The van der Waals surface area contributed by atoms with Crippen LogP contribution >= 0.6 is 0 Å². The van der Waals surface area contributed by atoms with Gasteiger partial charge in [0.2, 0.25) is 0 Å². The normalized spacial score (nSPS) is 11.0. The maximum absolute atomic E-state index is 11.9. The van der Waals surface area contributed by atoms with Crippen LogP contribution in [0.4, 0.5) is 5.69 Å². The lowest BCUT2D eigenvalue weighted by molar-refractivity contribution is -0.139. The number of aromatic nitrogens is 2. The molecule has 0 aliphatic carbocycles. The molecule has 1 aromatic heterocycles. The van der Waals surface area contributed by atoms with E-state index in [1.165, 1.54) is 36.5 Å². The van der Waals surface area contributed by atoms with Crippen molar-refractivity contribution in [2.24, 2.45) is 0 Å². The van der Waals surface area contributed by atoms with E-state index in [2.05, 4.69) is 14.9 Å². The summed E-state index contributed by atoms with van der Waals surface area (Å²) in [7, 11) is -3.71. The Morgan fingerprint density at radius 3 is 2.55 bits per heavy atom. The second kappa shape index (κ2) is 5.61. The Kier molecular flexibility index (Phi) is 3.89. The van der Waals surface area contributed by atoms with E-state index in [1.54, 1.807) is 0 Å². The summed E-state index contributed by atoms with van der Waals surface area (Å²) in [5.41, 5.74) is 0.322. The molecule has 0 radical (unpaired) electrons. The molecule has 2 aromatic rings. The third-order valence-corrected chi connectivity index (χ3v) is 3.54. The number of hydrogen-bond donors (Lipinski definition) is 3. The predicted octanol–water partition coefficient (Wildman–Crippen LogP) is 0.674. The molecule has 0 saturated heterocycles. The van der Waals surface area contributed by atoms with E-state index in [0.717, 1.165) is 0 Å². The fourth-order valence-corrected chi connectivity index (χ4v) is 2.34. The van der Waals surface area contributed by atoms with Gasteiger partial charge in [-0.25, -0.2) is 4.79 Å². The minimum atomic E-state index is -3.71. The molecule has 1 aromatic carbocycles. The molecule has 106 valence electrons. The summed E-state index contributed by atoms with van der Waals surface area (Å²) in [5.74, 6) is -0.758. The van der Waals surface area contributed by atoms with Gasteiger partial charge in [0.15, 0.2) is 11.6 Å². The molecule has 0 unspecified atom stereocenters. The molecule has 8 nitrogen and oxygen atoms in total. The third-order valence-electron chi connectivity index (χ3n) is 2.23. The maximum Gasteiger partial charge on any atom is 0.341 e. The lowest BCUT2D eigenvalue weighted by atomic mass is 10.3. The van der Waals surface area contributed by atoms with Crippen molar-refractivity contribution in [1.82, 2.24) is 10.2 Å². The second-order valence-corrected chi connectivity index (χ2v) is 5.38. The van der Waals surface area contributed by atoms with Gasteiger partial charge in [0.1, 0.15) is 5.75 Å². The molecule has 9 heteroatoms. The van der Waals surface area contributed by atoms with E-state index in [4.69, 9.17) is 9.84 Å². The highest BCUT2D eigenvalue weighted by molar-refractivity contribution is 7.92. The highest BCUT2D eigenvalue weighted by Gasteiger charge is 2.15. The summed E-state index contributed by atoms with van der Waals surface area (Å²) >= 11 is 0. The van der Waals surface area contributed by atoms with Gasteiger partial charge >= 0.3 is 5.97 Å². The van der Waals surface area contributed by atoms with Crippen molar-refractivity contribution in [2.75, 3.05) is 11.3 Å². The average Bonchev–Trinajstić information content (AvgIpc) is 2.92. The van der Waals surface area contributed by atoms with Crippen molar-refractivity contribution in [3.63, 3.8) is 0 Å². The number of nitrogens with zero attached hydrogens (tertiary/aromatic N) is 1. The predicted molar refractivity (Wildman–Crippen MR) is 69.0 cm³/mol. The Labute approximate surface area is 114 Å². The van der Waals surface area contributed by atoms with Crippen LogP contribution in [-0.2, 0) is 14.8 Å². The van der Waals surface area contributed by atoms with Gasteiger partial charge in [-0.2, -0.15) is 13.5 Å². The Hall–Kier alpha value is -2.55. The van der Waals surface area contributed by atoms with Gasteiger partial charge < -0.3 is 9.84 Å². The molecule has 0 atom stereocenters. The number of nitrogens with one attached hydrogen (secondary N) is 2. The molecule has 0 fully saturated rings. The second-order valence-electron chi connectivity index (χ2n) is 3.73. The van der Waals surface area contributed by atoms with Crippen LogP contribution in [0.2, 0.25) is 0 Å². The number of carbonyl (C=O) groups is 1. The van der Waals surface area contributed by atoms with Gasteiger partial charge in [0.25, 0.3) is 10.0 Å². The summed E-state index contributed by atoms with van der Waals surface area (Å²) in [6, 6.07) is 7.18. The summed E-state index contributed by atoms with van der Waals surface area (Å²) in [6.45, 7) is -0.459. The zero-order chi connectivity index (χ0) is 14.6. The first-order valence-electron chi connectivity index (χ1n) is 5.44. The standard InChI is InChI=1S/C11H11N3O5S/c15-11(16)7-19-9-3-1-8(2-4-9)14-20(17,18)10-5-6-12-13-10/h1-6,14H,7H2,(H,12,13)(H,15,16). The fourth-order valence-electron chi connectivity index (χ4n) is 1.37. The number of ether oxygens (including phenoxy) is 1. The Morgan fingerprint density at radius 2 is 2.00 bits per heavy atom. The third kappa shape index (κ3) is 3.48. The van der Waals surface area contributed by atoms with E-state index in [9.17, 15) is 13.2 Å². The number of carboxylic acids is 1. The molecule has 0 aliphatic rings. The molecular weight excluding hydrogens is 286 g/mol. The highest BCUT2D eigenvalue weighted by atomic mass is 32.2. The first kappa shape index (κ1) is 13.9. The molecule has 1 heterocycles. The van der Waals surface area contributed by atoms with Gasteiger partial charge in [-0.15, -0.1) is 0 Å². The van der Waals surface area contributed by atoms with Crippen molar-refractivity contribution >= 4 is 21.7 Å². The first-order valence-corrected chi connectivity index (χ1v) is 6.92. The molecule has 0 spiro atoms. The number of H-pyrrole nitrogens is 1. The number of aromatic amines is 1. The van der Waals surface area contributed by atoms with Crippen LogP contribution < -0.4 is 9.46 Å². The molecule has 20 heavy (non-hydrogen) atoms. The van der Waals surface area contributed by atoms with Crippen molar-refractivity contribution in [2.45, 2.75) is 5.03 Å². The van der Waals surface area contributed by atoms with Crippen LogP contribution in [0.15, 0.2) is 41.6 Å². The molecular formula is C11H11N3O5S. The average molecular weight is 297 g/mol. The zero-order valence-corrected chi connectivity index (χ0v) is 10.9. The lowest BCUT2D eigenvalue weighted by Crippen LogP contribution is -2.13. The number of hydrogen-bond acceptors (Lipinski definition) is 5. The molecule has 0 aliphatic heterocycles. The van der Waals surface area contributed by atoms with Crippen LogP contribution in [-0.4, -0.2) is 36.3 Å². The molecule has 2 rings (SSSR count). The highest BCUT2D eigenvalue weighted by Crippen LogP contribution is 2.18. The van der Waals surface area contributed by atoms with E-state index in [0.29, 0.717) is 11.4 Å². The van der Waals surface area contributed by atoms with Gasteiger partial charge in [-0.3, -0.25) is 9.82 Å². The number of sulfonamides is 1. The van der Waals surface area contributed by atoms with Crippen molar-refractivity contribution < 1.29 is 23.1 Å². The zero-order valence-electron chi connectivity index (χ0n) is 10.1. The first-order chi connectivity index (χ1) is 9.47. The smallest absolute Gasteiger partial charge is 0.341 e. The van der Waals surface area contributed by atoms with E-state index >= 15 is 0 Å². The SMILES string of the molecule is O=C(O)COc1ccc(NS(=O)(=O)c2ccn[nH]2)cc1. The molecule has 3 N–H and O–H groups in total. The van der Waals surface area contributed by atoms with E-state index in [-0.39, 0.29) is 5.03 Å². The summed E-state index contributed by atoms with van der Waals surface area (Å²) in [4.78, 5) is 10.3. The van der Waals surface area contributed by atoms with Crippen LogP contribution in [0.1, 0.15) is 0 Å². The molecule has 0 amide bonds. The van der Waals surface area contributed by atoms with Crippen molar-refractivity contribution in [1.29, 1.82) is 0 Å². The van der Waals surface area contributed by atoms with Gasteiger partial charge in [0.05, 0.1) is 6.20 Å². The van der Waals surface area contributed by atoms with Gasteiger partial charge in [-0.1, -0.05) is 0 Å². The number of benzene rings is 1. The van der Waals surface area contributed by atoms with Crippen LogP contribution in [0, 0.1) is 0 Å². The van der Waals surface area contributed by atoms with Crippen molar-refractivity contribution in [3.05, 3.63) is 36.5 Å². The van der Waals surface area contributed by atoms with E-state index < -0.39 is 22.6 Å². The summed E-state index contributed by atoms with van der Waals surface area (Å²) < 4.78 is 31.0. The van der Waals surface area contributed by atoms with Crippen LogP contribution in [0.5, 0.6) is 5.75 Å². The molecule has 0 saturated carbocycles. The van der Waals surface area contributed by atoms with Gasteiger partial charge in [-0.05, 0) is 30.3 Å². The Balaban J connectivity index is 2.06. The van der Waals surface area contributed by atoms with Crippen LogP contribution in [0.25, 0.3) is 0 Å². The largest absolute Gasteiger partial charge is 0.482 e. The monoisotopic (exact) mass is 297 g/mol. The van der Waals surface area contributed by atoms with Crippen LogP contribution in [0.3, 0.4) is 0 Å². The Morgan fingerprint density at radius 1 is 1.30 bits per heavy atom. The Bertz CT molecular complexity index is 679. The topological polar surface area (TPSA) is 121 Å². The fraction of sp³-hybridized carbons (Fsp3) is 0.0909. The van der Waals surface area contributed by atoms with Gasteiger partial charge in [0, 0.05) is 5.69 Å². The minimum Gasteiger partial charge on any atom is -0.482 e. The minimum absolute atomic E-state index is 0.0521. The number of aliphatic carboxylic acids is 1. The quantitative estimate of drug-likeness (QED) is 0.720. The summed E-state index contributed by atoms with van der Waals surface area (Å²) in [6.07, 6.45) is 1.33. The number of carboxylic acid groups (broad SMARTS) is 1. The number of rotatable bonds is 6. The maximum atomic E-state index is 11.9. The molecule has 0 bridgehead atoms. The lowest BCUT2D eigenvalue weighted by Gasteiger charge is -2.07.